The fourth-order valence-corrected chi connectivity index (χ4v) is 1.81. The first-order chi connectivity index (χ1) is 4.57. The number of carbonyl (C=O) groups is 1. The largest absolute Gasteiger partial charge is 0.481 e. The van der Waals surface area contributed by atoms with Gasteiger partial charge in [0.2, 0.25) is 0 Å². The third kappa shape index (κ3) is 4.22. The van der Waals surface area contributed by atoms with Crippen LogP contribution in [0.2, 0.25) is 0 Å². The topological polar surface area (TPSA) is 37.3 Å². The van der Waals surface area contributed by atoms with E-state index in [2.05, 4.69) is 31.9 Å². The molecule has 0 fully saturated rings. The molecular weight excluding hydrogens is 271 g/mol. The Balaban J connectivity index is 3.61. The second-order valence-electron chi connectivity index (χ2n) is 1.78. The van der Waals surface area contributed by atoms with Crippen molar-refractivity contribution in [1.29, 1.82) is 0 Å². The number of rotatable bonds is 4. The van der Waals surface area contributed by atoms with Crippen LogP contribution in [0.25, 0.3) is 0 Å². The summed E-state index contributed by atoms with van der Waals surface area (Å²) in [4.78, 5) is 9.42. The molecule has 2 atom stereocenters. The third-order valence-corrected chi connectivity index (χ3v) is 2.43. The molecule has 0 aromatic carbocycles. The second-order valence-corrected chi connectivity index (χ2v) is 3.61. The molecule has 0 aromatic heterocycles. The second kappa shape index (κ2) is 5.07. The maximum absolute atomic E-state index is 12.5. The third-order valence-electron chi connectivity index (χ3n) is 0.909. The number of hydrogen-bond acceptors (Lipinski definition) is 1. The van der Waals surface area contributed by atoms with Gasteiger partial charge in [0.15, 0.2) is 0 Å². The van der Waals surface area contributed by atoms with Gasteiger partial charge in [-0.1, -0.05) is 31.9 Å². The lowest BCUT2D eigenvalue weighted by atomic mass is 10.2. The lowest BCUT2D eigenvalue weighted by molar-refractivity contribution is -0.137. The minimum atomic E-state index is -1.14. The zero-order chi connectivity index (χ0) is 8.15. The summed E-state index contributed by atoms with van der Waals surface area (Å²) < 4.78 is 12.5. The van der Waals surface area contributed by atoms with E-state index in [0.717, 1.165) is 0 Å². The predicted molar refractivity (Wildman–Crippen MR) is 43.7 cm³/mol. The molecule has 2 unspecified atom stereocenters. The summed E-state index contributed by atoms with van der Waals surface area (Å²) in [5, 5.41) is 8.38. The molecule has 0 saturated heterocycles. The van der Waals surface area contributed by atoms with E-state index >= 15 is 0 Å². The zero-order valence-electron chi connectivity index (χ0n) is 5.06. The van der Waals surface area contributed by atoms with Crippen LogP contribution in [0, 0.1) is 0 Å². The fourth-order valence-electron chi connectivity index (χ4n) is 0.391. The average molecular weight is 278 g/mol. The maximum Gasteiger partial charge on any atom is 0.304 e. The first kappa shape index (κ1) is 10.4. The summed E-state index contributed by atoms with van der Waals surface area (Å²) in [6.45, 7) is 0. The predicted octanol–water partition coefficient (Wildman–Crippen LogP) is 1.96. The molecule has 0 bridgehead atoms. The Labute approximate surface area is 75.1 Å². The molecule has 0 aromatic rings. The van der Waals surface area contributed by atoms with Crippen molar-refractivity contribution in [1.82, 2.24) is 0 Å². The van der Waals surface area contributed by atoms with E-state index in [1.165, 1.54) is 0 Å². The SMILES string of the molecule is O=C(O)CC(Br)C(F)CBr. The van der Waals surface area contributed by atoms with E-state index in [1.807, 2.05) is 0 Å². The van der Waals surface area contributed by atoms with E-state index in [1.54, 1.807) is 0 Å². The summed E-state index contributed by atoms with van der Waals surface area (Å²) in [5.41, 5.74) is 0. The van der Waals surface area contributed by atoms with E-state index in [9.17, 15) is 9.18 Å². The van der Waals surface area contributed by atoms with Crippen LogP contribution in [0.4, 0.5) is 4.39 Å². The van der Waals surface area contributed by atoms with E-state index in [-0.39, 0.29) is 11.8 Å². The molecule has 1 N–H and O–H groups in total. The Bertz CT molecular complexity index is 120. The van der Waals surface area contributed by atoms with Gasteiger partial charge >= 0.3 is 5.97 Å². The van der Waals surface area contributed by atoms with Gasteiger partial charge in [0.05, 0.1) is 11.2 Å². The van der Waals surface area contributed by atoms with Gasteiger partial charge in [0.1, 0.15) is 6.17 Å². The molecule has 0 rings (SSSR count). The van der Waals surface area contributed by atoms with E-state index < -0.39 is 17.0 Å². The summed E-state index contributed by atoms with van der Waals surface area (Å²) in [6.07, 6.45) is -1.33. The molecule has 5 heteroatoms. The fraction of sp³-hybridized carbons (Fsp3) is 0.800. The highest BCUT2D eigenvalue weighted by molar-refractivity contribution is 9.10. The number of carboxylic acid groups (broad SMARTS) is 1. The van der Waals surface area contributed by atoms with Gasteiger partial charge in [-0.15, -0.1) is 0 Å². The maximum atomic E-state index is 12.5. The van der Waals surface area contributed by atoms with E-state index in [4.69, 9.17) is 5.11 Å². The van der Waals surface area contributed by atoms with Crippen molar-refractivity contribution in [2.24, 2.45) is 0 Å². The molecule has 0 aliphatic heterocycles. The number of hydrogen-bond donors (Lipinski definition) is 1. The molecule has 0 radical (unpaired) electrons. The normalized spacial score (nSPS) is 16.3. The van der Waals surface area contributed by atoms with Crippen LogP contribution in [0.5, 0.6) is 0 Å². The first-order valence-corrected chi connectivity index (χ1v) is 4.67. The number of alkyl halides is 3. The van der Waals surface area contributed by atoms with Crippen LogP contribution in [0.1, 0.15) is 6.42 Å². The molecule has 0 spiro atoms. The minimum absolute atomic E-state index is 0.163. The van der Waals surface area contributed by atoms with Crippen molar-refractivity contribution in [3.8, 4) is 0 Å². The van der Waals surface area contributed by atoms with Crippen LogP contribution in [0.15, 0.2) is 0 Å². The van der Waals surface area contributed by atoms with Gasteiger partial charge in [-0.3, -0.25) is 4.79 Å². The summed E-state index contributed by atoms with van der Waals surface area (Å²) >= 11 is 5.83. The lowest BCUT2D eigenvalue weighted by Crippen LogP contribution is -2.20. The van der Waals surface area contributed by atoms with Crippen LogP contribution < -0.4 is 0 Å². The van der Waals surface area contributed by atoms with Crippen LogP contribution in [0.3, 0.4) is 0 Å². The number of aliphatic carboxylic acids is 1. The Morgan fingerprint density at radius 2 is 2.20 bits per heavy atom. The Morgan fingerprint density at radius 3 is 2.50 bits per heavy atom. The number of carboxylic acids is 1. The van der Waals surface area contributed by atoms with Gasteiger partial charge in [0.25, 0.3) is 0 Å². The van der Waals surface area contributed by atoms with Gasteiger partial charge in [-0.2, -0.15) is 0 Å². The van der Waals surface area contributed by atoms with Gasteiger partial charge < -0.3 is 5.11 Å². The van der Waals surface area contributed by atoms with Gasteiger partial charge in [0, 0.05) is 5.33 Å². The lowest BCUT2D eigenvalue weighted by Gasteiger charge is -2.08. The van der Waals surface area contributed by atoms with Crippen LogP contribution in [-0.2, 0) is 4.79 Å². The smallest absolute Gasteiger partial charge is 0.304 e. The first-order valence-electron chi connectivity index (χ1n) is 2.63. The summed E-state index contributed by atoms with van der Waals surface area (Å²) in [5.74, 6) is -0.995. The zero-order valence-corrected chi connectivity index (χ0v) is 8.23. The molecular formula is C5H7Br2FO2. The highest BCUT2D eigenvalue weighted by Crippen LogP contribution is 2.15. The number of halogens is 3. The molecule has 0 aliphatic carbocycles. The average Bonchev–Trinajstić information content (AvgIpc) is 1.85. The van der Waals surface area contributed by atoms with E-state index in [0.29, 0.717) is 0 Å². The van der Waals surface area contributed by atoms with Gasteiger partial charge in [-0.05, 0) is 0 Å². The molecule has 0 amide bonds. The standard InChI is InChI=1S/C5H7Br2FO2/c6-2-4(8)3(7)1-5(9)10/h3-4H,1-2H2,(H,9,10). The Hall–Kier alpha value is 0.360. The monoisotopic (exact) mass is 276 g/mol. The highest BCUT2D eigenvalue weighted by atomic mass is 79.9. The van der Waals surface area contributed by atoms with Crippen molar-refractivity contribution in [2.45, 2.75) is 17.4 Å². The highest BCUT2D eigenvalue weighted by Gasteiger charge is 2.19. The molecule has 60 valence electrons. The van der Waals surface area contributed by atoms with Crippen molar-refractivity contribution in [2.75, 3.05) is 5.33 Å². The minimum Gasteiger partial charge on any atom is -0.481 e. The van der Waals surface area contributed by atoms with Crippen LogP contribution >= 0.6 is 31.9 Å². The van der Waals surface area contributed by atoms with Gasteiger partial charge in [-0.25, -0.2) is 4.39 Å². The molecule has 0 saturated carbocycles. The molecule has 0 heterocycles. The van der Waals surface area contributed by atoms with Crippen molar-refractivity contribution in [3.05, 3.63) is 0 Å². The Kier molecular flexibility index (Phi) is 5.25. The summed E-state index contributed by atoms with van der Waals surface area (Å²) in [7, 11) is 0. The van der Waals surface area contributed by atoms with Crippen LogP contribution in [-0.4, -0.2) is 27.4 Å². The quantitative estimate of drug-likeness (QED) is 0.798. The molecule has 0 aliphatic rings. The summed E-state index contributed by atoms with van der Waals surface area (Å²) in [6, 6.07) is 0. The molecule has 10 heavy (non-hydrogen) atoms. The van der Waals surface area contributed by atoms with Crippen molar-refractivity contribution in [3.63, 3.8) is 0 Å². The molecule has 2 nitrogen and oxygen atoms in total. The Morgan fingerprint density at radius 1 is 1.70 bits per heavy atom. The van der Waals surface area contributed by atoms with Crippen molar-refractivity contribution >= 4 is 37.8 Å². The van der Waals surface area contributed by atoms with Crippen molar-refractivity contribution < 1.29 is 14.3 Å².